The Bertz CT molecular complexity index is 646. The van der Waals surface area contributed by atoms with E-state index in [2.05, 4.69) is 10.4 Å². The van der Waals surface area contributed by atoms with Crippen molar-refractivity contribution in [1.82, 2.24) is 20.0 Å². The van der Waals surface area contributed by atoms with Crippen molar-refractivity contribution >= 4 is 6.03 Å². The van der Waals surface area contributed by atoms with Crippen molar-refractivity contribution in [2.45, 2.75) is 25.8 Å². The number of hydrogen-bond acceptors (Lipinski definition) is 2. The summed E-state index contributed by atoms with van der Waals surface area (Å²) in [6.07, 6.45) is 5.72. The fraction of sp³-hybridized carbons (Fsp3) is 0.375. The van der Waals surface area contributed by atoms with Gasteiger partial charge in [-0.3, -0.25) is 0 Å². The number of amides is 2. The summed E-state index contributed by atoms with van der Waals surface area (Å²) in [6.45, 7) is 3.58. The third kappa shape index (κ3) is 3.10. The molecule has 1 saturated heterocycles. The quantitative estimate of drug-likeness (QED) is 0.948. The zero-order chi connectivity index (χ0) is 15.5. The Morgan fingerprint density at radius 2 is 1.95 bits per heavy atom. The van der Waals surface area contributed by atoms with Gasteiger partial charge in [-0.05, 0) is 44.0 Å². The standard InChI is InChI=1S/C16H19FN4O/c1-12(19-16(22)20-8-2-3-9-20)13-10-18-21(11-13)15-6-4-14(17)5-7-15/h4-7,10-12H,2-3,8-9H2,1H3,(H,19,22). The maximum atomic E-state index is 12.9. The van der Waals surface area contributed by atoms with E-state index in [9.17, 15) is 9.18 Å². The summed E-state index contributed by atoms with van der Waals surface area (Å²) < 4.78 is 14.6. The van der Waals surface area contributed by atoms with Crippen LogP contribution in [0.15, 0.2) is 36.7 Å². The number of carbonyl (C=O) groups is 1. The van der Waals surface area contributed by atoms with Crippen LogP contribution >= 0.6 is 0 Å². The summed E-state index contributed by atoms with van der Waals surface area (Å²) in [4.78, 5) is 13.9. The van der Waals surface area contributed by atoms with Crippen LogP contribution in [0.1, 0.15) is 31.4 Å². The number of hydrogen-bond donors (Lipinski definition) is 1. The van der Waals surface area contributed by atoms with Crippen molar-refractivity contribution in [3.8, 4) is 5.69 Å². The second kappa shape index (κ2) is 6.17. The minimum atomic E-state index is -0.276. The van der Waals surface area contributed by atoms with Gasteiger partial charge in [0.1, 0.15) is 5.82 Å². The molecule has 2 amide bonds. The van der Waals surface area contributed by atoms with E-state index in [0.29, 0.717) is 0 Å². The normalized spacial score (nSPS) is 15.8. The Hall–Kier alpha value is -2.37. The Morgan fingerprint density at radius 1 is 1.27 bits per heavy atom. The topological polar surface area (TPSA) is 50.2 Å². The Balaban J connectivity index is 1.67. The zero-order valence-electron chi connectivity index (χ0n) is 12.5. The van der Waals surface area contributed by atoms with Crippen LogP contribution in [0.2, 0.25) is 0 Å². The summed E-state index contributed by atoms with van der Waals surface area (Å²) in [5.41, 5.74) is 1.70. The molecular weight excluding hydrogens is 283 g/mol. The first-order valence-corrected chi connectivity index (χ1v) is 7.49. The fourth-order valence-electron chi connectivity index (χ4n) is 2.58. The fourth-order valence-corrected chi connectivity index (χ4v) is 2.58. The lowest BCUT2D eigenvalue weighted by atomic mass is 10.2. The highest BCUT2D eigenvalue weighted by molar-refractivity contribution is 5.74. The summed E-state index contributed by atoms with van der Waals surface area (Å²) in [6, 6.07) is 5.98. The molecule has 2 heterocycles. The molecule has 2 aromatic rings. The van der Waals surface area contributed by atoms with Crippen molar-refractivity contribution in [1.29, 1.82) is 0 Å². The van der Waals surface area contributed by atoms with E-state index in [4.69, 9.17) is 0 Å². The highest BCUT2D eigenvalue weighted by atomic mass is 19.1. The van der Waals surface area contributed by atoms with Gasteiger partial charge in [0.15, 0.2) is 0 Å². The van der Waals surface area contributed by atoms with E-state index in [1.165, 1.54) is 12.1 Å². The molecule has 1 atom stereocenters. The third-order valence-corrected chi connectivity index (χ3v) is 3.93. The van der Waals surface area contributed by atoms with Gasteiger partial charge in [-0.1, -0.05) is 0 Å². The first kappa shape index (κ1) is 14.6. The molecule has 0 radical (unpaired) electrons. The van der Waals surface area contributed by atoms with Crippen LogP contribution in [-0.2, 0) is 0 Å². The Morgan fingerprint density at radius 3 is 2.64 bits per heavy atom. The van der Waals surface area contributed by atoms with Crippen LogP contribution in [0, 0.1) is 5.82 Å². The average Bonchev–Trinajstić information content (AvgIpc) is 3.20. The highest BCUT2D eigenvalue weighted by Gasteiger charge is 2.20. The average molecular weight is 302 g/mol. The zero-order valence-corrected chi connectivity index (χ0v) is 12.5. The molecule has 1 aromatic heterocycles. The van der Waals surface area contributed by atoms with E-state index in [0.717, 1.165) is 37.2 Å². The second-order valence-corrected chi connectivity index (χ2v) is 5.56. The number of nitrogens with one attached hydrogen (secondary N) is 1. The lowest BCUT2D eigenvalue weighted by Gasteiger charge is -2.19. The van der Waals surface area contributed by atoms with Crippen molar-refractivity contribution < 1.29 is 9.18 Å². The van der Waals surface area contributed by atoms with E-state index < -0.39 is 0 Å². The van der Waals surface area contributed by atoms with Crippen LogP contribution in [-0.4, -0.2) is 33.8 Å². The molecule has 22 heavy (non-hydrogen) atoms. The van der Waals surface area contributed by atoms with E-state index in [-0.39, 0.29) is 17.9 Å². The summed E-state index contributed by atoms with van der Waals surface area (Å²) in [5.74, 6) is -0.276. The Labute approximate surface area is 128 Å². The van der Waals surface area contributed by atoms with Crippen LogP contribution in [0.3, 0.4) is 0 Å². The molecule has 1 aromatic carbocycles. The molecule has 1 aliphatic rings. The van der Waals surface area contributed by atoms with Gasteiger partial charge >= 0.3 is 6.03 Å². The molecule has 1 aliphatic heterocycles. The number of nitrogens with zero attached hydrogens (tertiary/aromatic N) is 3. The first-order valence-electron chi connectivity index (χ1n) is 7.49. The number of benzene rings is 1. The van der Waals surface area contributed by atoms with Gasteiger partial charge in [-0.25, -0.2) is 13.9 Å². The number of rotatable bonds is 3. The van der Waals surface area contributed by atoms with Crippen molar-refractivity contribution in [2.24, 2.45) is 0 Å². The predicted octanol–water partition coefficient (Wildman–Crippen LogP) is 2.88. The molecule has 6 heteroatoms. The number of carbonyl (C=O) groups excluding carboxylic acids is 1. The van der Waals surface area contributed by atoms with Gasteiger partial charge in [0.2, 0.25) is 0 Å². The van der Waals surface area contributed by atoms with Gasteiger partial charge in [0.05, 0.1) is 17.9 Å². The molecular formula is C16H19FN4O. The van der Waals surface area contributed by atoms with Gasteiger partial charge < -0.3 is 10.2 Å². The smallest absolute Gasteiger partial charge is 0.317 e. The lowest BCUT2D eigenvalue weighted by Crippen LogP contribution is -2.39. The maximum absolute atomic E-state index is 12.9. The molecule has 0 bridgehead atoms. The molecule has 116 valence electrons. The van der Waals surface area contributed by atoms with Crippen LogP contribution in [0.5, 0.6) is 0 Å². The van der Waals surface area contributed by atoms with Crippen LogP contribution in [0.4, 0.5) is 9.18 Å². The van der Waals surface area contributed by atoms with E-state index in [1.54, 1.807) is 23.0 Å². The molecule has 5 nitrogen and oxygen atoms in total. The Kier molecular flexibility index (Phi) is 4.09. The molecule has 1 fully saturated rings. The number of halogens is 1. The molecule has 1 unspecified atom stereocenters. The number of aromatic nitrogens is 2. The molecule has 3 rings (SSSR count). The van der Waals surface area contributed by atoms with Crippen molar-refractivity contribution in [3.63, 3.8) is 0 Å². The number of urea groups is 1. The lowest BCUT2D eigenvalue weighted by molar-refractivity contribution is 0.205. The largest absolute Gasteiger partial charge is 0.331 e. The highest BCUT2D eigenvalue weighted by Crippen LogP contribution is 2.16. The summed E-state index contributed by atoms with van der Waals surface area (Å²) in [5, 5.41) is 7.26. The third-order valence-electron chi connectivity index (χ3n) is 3.93. The van der Waals surface area contributed by atoms with E-state index >= 15 is 0 Å². The minimum absolute atomic E-state index is 0.0282. The monoisotopic (exact) mass is 302 g/mol. The van der Waals surface area contributed by atoms with Crippen LogP contribution in [0.25, 0.3) is 5.69 Å². The minimum Gasteiger partial charge on any atom is -0.331 e. The van der Waals surface area contributed by atoms with Crippen LogP contribution < -0.4 is 5.32 Å². The summed E-state index contributed by atoms with van der Waals surface area (Å²) >= 11 is 0. The molecule has 1 N–H and O–H groups in total. The van der Waals surface area contributed by atoms with E-state index in [1.807, 2.05) is 18.0 Å². The van der Waals surface area contributed by atoms with Gasteiger partial charge in [0, 0.05) is 24.8 Å². The molecule has 0 aliphatic carbocycles. The van der Waals surface area contributed by atoms with Gasteiger partial charge in [-0.2, -0.15) is 5.10 Å². The van der Waals surface area contributed by atoms with Crippen molar-refractivity contribution in [3.05, 3.63) is 48.0 Å². The number of likely N-dealkylation sites (tertiary alicyclic amines) is 1. The summed E-state index contributed by atoms with van der Waals surface area (Å²) in [7, 11) is 0. The van der Waals surface area contributed by atoms with Gasteiger partial charge in [0.25, 0.3) is 0 Å². The molecule has 0 spiro atoms. The SMILES string of the molecule is CC(NC(=O)N1CCCC1)c1cnn(-c2ccc(F)cc2)c1. The van der Waals surface area contributed by atoms with Gasteiger partial charge in [-0.15, -0.1) is 0 Å². The second-order valence-electron chi connectivity index (χ2n) is 5.56. The molecule has 0 saturated carbocycles. The predicted molar refractivity (Wildman–Crippen MR) is 81.3 cm³/mol. The van der Waals surface area contributed by atoms with Crippen molar-refractivity contribution in [2.75, 3.05) is 13.1 Å². The maximum Gasteiger partial charge on any atom is 0.317 e. The first-order chi connectivity index (χ1) is 10.6.